The Bertz CT molecular complexity index is 942. The maximum Gasteiger partial charge on any atom is 0.135 e. The highest BCUT2D eigenvalue weighted by atomic mass is 32.1. The van der Waals surface area contributed by atoms with E-state index in [4.69, 9.17) is 4.74 Å². The lowest BCUT2D eigenvalue weighted by Crippen LogP contribution is -2.52. The van der Waals surface area contributed by atoms with Gasteiger partial charge in [0.15, 0.2) is 0 Å². The van der Waals surface area contributed by atoms with Crippen LogP contribution in [0.3, 0.4) is 0 Å². The number of thiophene rings is 1. The topological polar surface area (TPSA) is 49.4 Å². The lowest BCUT2D eigenvalue weighted by molar-refractivity contribution is 0.166. The first kappa shape index (κ1) is 18.4. The predicted molar refractivity (Wildman–Crippen MR) is 108 cm³/mol. The zero-order valence-electron chi connectivity index (χ0n) is 15.7. The van der Waals surface area contributed by atoms with Crippen LogP contribution < -0.4 is 21.2 Å². The summed E-state index contributed by atoms with van der Waals surface area (Å²) in [5, 5.41) is 9.19. The van der Waals surface area contributed by atoms with Crippen LogP contribution in [0, 0.1) is 5.82 Å². The van der Waals surface area contributed by atoms with E-state index in [2.05, 4.69) is 33.5 Å². The molecular formula is C20H25FN4OS. The summed E-state index contributed by atoms with van der Waals surface area (Å²) in [6.07, 6.45) is 5.24. The van der Waals surface area contributed by atoms with Crippen LogP contribution in [0.1, 0.15) is 23.8 Å². The van der Waals surface area contributed by atoms with Crippen LogP contribution in [-0.4, -0.2) is 49.3 Å². The van der Waals surface area contributed by atoms with Gasteiger partial charge in [0, 0.05) is 62.2 Å². The van der Waals surface area contributed by atoms with E-state index in [9.17, 15) is 4.39 Å². The van der Waals surface area contributed by atoms with E-state index in [1.165, 1.54) is 10.9 Å². The third-order valence-corrected chi connectivity index (χ3v) is 6.35. The van der Waals surface area contributed by atoms with E-state index in [-0.39, 0.29) is 5.82 Å². The second-order valence-corrected chi connectivity index (χ2v) is 8.02. The first-order chi connectivity index (χ1) is 13.2. The number of hydrogen-bond acceptors (Lipinski definition) is 6. The molecule has 7 heteroatoms. The summed E-state index contributed by atoms with van der Waals surface area (Å²) in [6, 6.07) is 3.99. The molecule has 4 rings (SSSR count). The number of piperazine rings is 1. The van der Waals surface area contributed by atoms with E-state index >= 15 is 0 Å². The molecule has 5 nitrogen and oxygen atoms in total. The van der Waals surface area contributed by atoms with Gasteiger partial charge in [-0.1, -0.05) is 6.92 Å². The van der Waals surface area contributed by atoms with Crippen molar-refractivity contribution in [1.29, 1.82) is 0 Å². The highest BCUT2D eigenvalue weighted by Crippen LogP contribution is 2.35. The third-order valence-electron chi connectivity index (χ3n) is 5.14. The van der Waals surface area contributed by atoms with E-state index in [1.54, 1.807) is 30.8 Å². The fraction of sp³-hybridized carbons (Fsp3) is 0.450. The lowest BCUT2D eigenvalue weighted by atomic mass is 10.1. The van der Waals surface area contributed by atoms with Gasteiger partial charge in [0.2, 0.25) is 0 Å². The van der Waals surface area contributed by atoms with Crippen LogP contribution in [0.25, 0.3) is 11.9 Å². The summed E-state index contributed by atoms with van der Waals surface area (Å²) in [4.78, 5) is 8.25. The van der Waals surface area contributed by atoms with Gasteiger partial charge in [-0.3, -0.25) is 4.98 Å². The molecule has 1 unspecified atom stereocenters. The number of halogens is 1. The number of ether oxygens (including phenoxy) is 1. The zero-order chi connectivity index (χ0) is 18.8. The third kappa shape index (κ3) is 3.59. The molecule has 1 atom stereocenters. The number of hydrogen-bond donors (Lipinski definition) is 2. The Morgan fingerprint density at radius 1 is 1.44 bits per heavy atom. The van der Waals surface area contributed by atoms with Gasteiger partial charge >= 0.3 is 0 Å². The van der Waals surface area contributed by atoms with Crippen LogP contribution in [-0.2, 0) is 11.2 Å². The van der Waals surface area contributed by atoms with Crippen molar-refractivity contribution in [3.05, 3.63) is 45.2 Å². The van der Waals surface area contributed by atoms with Gasteiger partial charge in [0.1, 0.15) is 10.8 Å². The summed E-state index contributed by atoms with van der Waals surface area (Å²) in [7, 11) is 1.73. The number of anilines is 1. The normalized spacial score (nSPS) is 19.0. The number of nitrogens with zero attached hydrogens (tertiary/aromatic N) is 2. The average molecular weight is 389 g/mol. The number of fused-ring (bicyclic) bond motifs is 2. The van der Waals surface area contributed by atoms with Crippen molar-refractivity contribution >= 4 is 28.2 Å². The van der Waals surface area contributed by atoms with Crippen LogP contribution in [0.4, 0.5) is 9.39 Å². The number of aryl methyl sites for hydroxylation is 1. The van der Waals surface area contributed by atoms with Gasteiger partial charge in [-0.25, -0.2) is 4.39 Å². The molecule has 144 valence electrons. The lowest BCUT2D eigenvalue weighted by Gasteiger charge is -2.36. The SMILES string of the molecule is CCc1cc2c(s1)NC=c1c(F)ccnc1=C2N1CCNC(CCOC)C1. The Morgan fingerprint density at radius 3 is 3.15 bits per heavy atom. The number of rotatable bonds is 5. The van der Waals surface area contributed by atoms with Crippen molar-refractivity contribution in [2.75, 3.05) is 38.7 Å². The number of pyridine rings is 1. The average Bonchev–Trinajstić information content (AvgIpc) is 3.02. The quantitative estimate of drug-likeness (QED) is 0.813. The van der Waals surface area contributed by atoms with Crippen LogP contribution >= 0.6 is 11.3 Å². The molecular weight excluding hydrogens is 363 g/mol. The Balaban J connectivity index is 1.84. The van der Waals surface area contributed by atoms with Crippen molar-refractivity contribution in [3.8, 4) is 0 Å². The van der Waals surface area contributed by atoms with Crippen LogP contribution in [0.5, 0.6) is 0 Å². The molecule has 27 heavy (non-hydrogen) atoms. The van der Waals surface area contributed by atoms with E-state index in [0.29, 0.717) is 16.6 Å². The van der Waals surface area contributed by atoms with Crippen LogP contribution in [0.15, 0.2) is 18.3 Å². The van der Waals surface area contributed by atoms with E-state index in [0.717, 1.165) is 55.3 Å². The van der Waals surface area contributed by atoms with Gasteiger partial charge in [-0.15, -0.1) is 11.3 Å². The fourth-order valence-corrected chi connectivity index (χ4v) is 4.71. The van der Waals surface area contributed by atoms with Gasteiger partial charge < -0.3 is 20.3 Å². The Labute approximate surface area is 162 Å². The molecule has 0 amide bonds. The van der Waals surface area contributed by atoms with E-state index in [1.807, 2.05) is 0 Å². The van der Waals surface area contributed by atoms with Gasteiger partial charge in [0.05, 0.1) is 16.3 Å². The highest BCUT2D eigenvalue weighted by Gasteiger charge is 2.26. The molecule has 0 saturated carbocycles. The molecule has 2 N–H and O–H groups in total. The standard InChI is InChI=1S/C20H25FN4OS/c1-3-14-10-15-19(25-8-7-22-13(12-25)5-9-26-2)18-16(11-24-20(15)27-14)17(21)4-6-23-18/h4,6,10-11,13,22,24H,3,5,7-9,12H2,1-2H3. The molecule has 2 aromatic heterocycles. The molecule has 0 spiro atoms. The molecule has 0 aliphatic carbocycles. The van der Waals surface area contributed by atoms with Gasteiger partial charge in [0.25, 0.3) is 0 Å². The zero-order valence-corrected chi connectivity index (χ0v) is 16.5. The maximum absolute atomic E-state index is 14.5. The summed E-state index contributed by atoms with van der Waals surface area (Å²) in [5.74, 6) is -0.248. The Kier molecular flexibility index (Phi) is 5.43. The Morgan fingerprint density at radius 2 is 2.33 bits per heavy atom. The number of aromatic nitrogens is 1. The fourth-order valence-electron chi connectivity index (χ4n) is 3.74. The van der Waals surface area contributed by atoms with Crippen molar-refractivity contribution in [2.24, 2.45) is 0 Å². The molecule has 2 aliphatic heterocycles. The van der Waals surface area contributed by atoms with Crippen LogP contribution in [0.2, 0.25) is 0 Å². The molecule has 0 aromatic carbocycles. The molecule has 2 aliphatic rings. The molecule has 4 heterocycles. The monoisotopic (exact) mass is 388 g/mol. The maximum atomic E-state index is 14.5. The second-order valence-electron chi connectivity index (χ2n) is 6.88. The number of nitrogens with one attached hydrogen (secondary N) is 2. The summed E-state index contributed by atoms with van der Waals surface area (Å²) in [6.45, 7) is 5.50. The van der Waals surface area contributed by atoms with Crippen molar-refractivity contribution < 1.29 is 9.13 Å². The molecule has 0 radical (unpaired) electrons. The first-order valence-corrected chi connectivity index (χ1v) is 10.2. The minimum absolute atomic E-state index is 0.248. The highest BCUT2D eigenvalue weighted by molar-refractivity contribution is 7.16. The largest absolute Gasteiger partial charge is 0.385 e. The molecule has 0 bridgehead atoms. The van der Waals surface area contributed by atoms with Crippen molar-refractivity contribution in [3.63, 3.8) is 0 Å². The summed E-state index contributed by atoms with van der Waals surface area (Å²) >= 11 is 1.73. The van der Waals surface area contributed by atoms with Crippen molar-refractivity contribution in [2.45, 2.75) is 25.8 Å². The molecule has 2 aromatic rings. The van der Waals surface area contributed by atoms with Crippen molar-refractivity contribution in [1.82, 2.24) is 15.2 Å². The minimum atomic E-state index is -0.248. The van der Waals surface area contributed by atoms with Gasteiger partial charge in [-0.05, 0) is 25.0 Å². The molecule has 1 saturated heterocycles. The predicted octanol–water partition coefficient (Wildman–Crippen LogP) is 1.47. The van der Waals surface area contributed by atoms with Gasteiger partial charge in [-0.2, -0.15) is 0 Å². The summed E-state index contributed by atoms with van der Waals surface area (Å²) < 4.78 is 19.8. The first-order valence-electron chi connectivity index (χ1n) is 9.43. The smallest absolute Gasteiger partial charge is 0.135 e. The number of methoxy groups -OCH3 is 1. The van der Waals surface area contributed by atoms with E-state index < -0.39 is 0 Å². The second kappa shape index (κ2) is 7.96. The minimum Gasteiger partial charge on any atom is -0.385 e. The Hall–Kier alpha value is -1.96. The molecule has 1 fully saturated rings. The summed E-state index contributed by atoms with van der Waals surface area (Å²) in [5.41, 5.74) is 2.15.